The van der Waals surface area contributed by atoms with Crippen molar-refractivity contribution in [3.63, 3.8) is 0 Å². The number of alkyl halides is 2. The number of aliphatic carboxylic acids is 1. The van der Waals surface area contributed by atoms with Gasteiger partial charge in [0.2, 0.25) is 0 Å². The molecule has 0 fully saturated rings. The minimum atomic E-state index is -0.763. The maximum absolute atomic E-state index is 10.4. The first-order chi connectivity index (χ1) is 6.04. The largest absolute Gasteiger partial charge is 0.481 e. The van der Waals surface area contributed by atoms with Crippen LogP contribution in [0.1, 0.15) is 12.8 Å². The van der Waals surface area contributed by atoms with Crippen LogP contribution in [0.3, 0.4) is 0 Å². The van der Waals surface area contributed by atoms with Gasteiger partial charge in [-0.15, -0.1) is 0 Å². The van der Waals surface area contributed by atoms with Gasteiger partial charge >= 0.3 is 5.97 Å². The molecule has 1 aliphatic carbocycles. The number of rotatable bonds is 3. The van der Waals surface area contributed by atoms with Crippen LogP contribution in [0.5, 0.6) is 0 Å². The lowest BCUT2D eigenvalue weighted by Gasteiger charge is -2.28. The number of allylic oxidation sites excluding steroid dienone is 4. The second-order valence-corrected chi connectivity index (χ2v) is 5.43. The van der Waals surface area contributed by atoms with Crippen molar-refractivity contribution in [3.05, 3.63) is 24.3 Å². The molecule has 0 aromatic heterocycles. The van der Waals surface area contributed by atoms with E-state index in [1.807, 2.05) is 24.3 Å². The van der Waals surface area contributed by atoms with E-state index in [-0.39, 0.29) is 15.6 Å². The summed E-state index contributed by atoms with van der Waals surface area (Å²) in [6.45, 7) is 0. The van der Waals surface area contributed by atoms with Crippen molar-refractivity contribution in [2.24, 2.45) is 0 Å². The Morgan fingerprint density at radius 2 is 2.23 bits per heavy atom. The average Bonchev–Trinajstić information content (AvgIpc) is 2.07. The first kappa shape index (κ1) is 11.0. The monoisotopic (exact) mass is 308 g/mol. The van der Waals surface area contributed by atoms with E-state index >= 15 is 0 Å². The minimum Gasteiger partial charge on any atom is -0.481 e. The van der Waals surface area contributed by atoms with E-state index in [1.54, 1.807) is 0 Å². The summed E-state index contributed by atoms with van der Waals surface area (Å²) in [5, 5.41) is 8.57. The molecule has 13 heavy (non-hydrogen) atoms. The standard InChI is InChI=1S/C9H10Br2O2/c10-7-3-1-2-5-9(7,11)6-4-8(12)13/h1-3,5,7H,4,6H2,(H,12,13). The molecule has 72 valence electrons. The predicted octanol–water partition coefficient (Wildman–Crippen LogP) is 2.87. The van der Waals surface area contributed by atoms with Crippen LogP contribution in [0.15, 0.2) is 24.3 Å². The van der Waals surface area contributed by atoms with Crippen molar-refractivity contribution < 1.29 is 9.90 Å². The molecule has 0 saturated carbocycles. The molecule has 4 heteroatoms. The third-order valence-electron chi connectivity index (χ3n) is 1.94. The molecule has 1 N–H and O–H groups in total. The smallest absolute Gasteiger partial charge is 0.303 e. The van der Waals surface area contributed by atoms with Crippen LogP contribution in [0.25, 0.3) is 0 Å². The second-order valence-electron chi connectivity index (χ2n) is 2.97. The van der Waals surface area contributed by atoms with Gasteiger partial charge in [-0.3, -0.25) is 4.79 Å². The Hall–Kier alpha value is -0.0900. The lowest BCUT2D eigenvalue weighted by atomic mass is 9.95. The second kappa shape index (κ2) is 4.42. The molecule has 0 spiro atoms. The van der Waals surface area contributed by atoms with Crippen LogP contribution >= 0.6 is 31.9 Å². The zero-order valence-electron chi connectivity index (χ0n) is 6.91. The first-order valence-corrected chi connectivity index (χ1v) is 5.66. The Balaban J connectivity index is 2.59. The zero-order chi connectivity index (χ0) is 9.90. The summed E-state index contributed by atoms with van der Waals surface area (Å²) in [4.78, 5) is 10.6. The van der Waals surface area contributed by atoms with E-state index in [0.29, 0.717) is 6.42 Å². The van der Waals surface area contributed by atoms with Gasteiger partial charge in [0, 0.05) is 6.42 Å². The molecule has 1 rings (SSSR count). The number of halogens is 2. The van der Waals surface area contributed by atoms with Crippen LogP contribution < -0.4 is 0 Å². The molecule has 0 heterocycles. The normalized spacial score (nSPS) is 32.0. The Kier molecular flexibility index (Phi) is 3.74. The fourth-order valence-electron chi connectivity index (χ4n) is 1.15. The van der Waals surface area contributed by atoms with Crippen molar-refractivity contribution in [2.75, 3.05) is 0 Å². The quantitative estimate of drug-likeness (QED) is 0.814. The molecule has 0 saturated heterocycles. The van der Waals surface area contributed by atoms with Crippen molar-refractivity contribution in [1.29, 1.82) is 0 Å². The van der Waals surface area contributed by atoms with Gasteiger partial charge in [-0.25, -0.2) is 0 Å². The summed E-state index contributed by atoms with van der Waals surface area (Å²) in [5.41, 5.74) is 0. The summed E-state index contributed by atoms with van der Waals surface area (Å²) in [5.74, 6) is -0.763. The number of hydrogen-bond donors (Lipinski definition) is 1. The fraction of sp³-hybridized carbons (Fsp3) is 0.444. The van der Waals surface area contributed by atoms with E-state index in [4.69, 9.17) is 5.11 Å². The van der Waals surface area contributed by atoms with Crippen LogP contribution in [0.4, 0.5) is 0 Å². The molecule has 2 nitrogen and oxygen atoms in total. The Bertz CT molecular complexity index is 260. The van der Waals surface area contributed by atoms with Crippen LogP contribution in [-0.2, 0) is 4.79 Å². The Morgan fingerprint density at radius 1 is 1.54 bits per heavy atom. The molecule has 0 aromatic carbocycles. The van der Waals surface area contributed by atoms with Crippen LogP contribution in [0.2, 0.25) is 0 Å². The summed E-state index contributed by atoms with van der Waals surface area (Å²) in [7, 11) is 0. The van der Waals surface area contributed by atoms with Gasteiger partial charge < -0.3 is 5.11 Å². The highest BCUT2D eigenvalue weighted by atomic mass is 79.9. The predicted molar refractivity (Wildman–Crippen MR) is 59.5 cm³/mol. The molecule has 0 radical (unpaired) electrons. The van der Waals surface area contributed by atoms with Crippen LogP contribution in [-0.4, -0.2) is 20.2 Å². The summed E-state index contributed by atoms with van der Waals surface area (Å²) >= 11 is 7.02. The Labute approximate surface area is 94.0 Å². The average molecular weight is 310 g/mol. The molecule has 0 aliphatic heterocycles. The zero-order valence-corrected chi connectivity index (χ0v) is 10.1. The summed E-state index contributed by atoms with van der Waals surface area (Å²) < 4.78 is -0.250. The fourth-order valence-corrected chi connectivity index (χ4v) is 2.21. The van der Waals surface area contributed by atoms with Gasteiger partial charge in [0.15, 0.2) is 0 Å². The van der Waals surface area contributed by atoms with Gasteiger partial charge in [0.25, 0.3) is 0 Å². The van der Waals surface area contributed by atoms with Crippen LogP contribution in [0, 0.1) is 0 Å². The third kappa shape index (κ3) is 2.95. The maximum Gasteiger partial charge on any atom is 0.303 e. The van der Waals surface area contributed by atoms with Gasteiger partial charge in [0.1, 0.15) is 0 Å². The van der Waals surface area contributed by atoms with Gasteiger partial charge in [-0.1, -0.05) is 56.2 Å². The molecule has 0 aromatic rings. The van der Waals surface area contributed by atoms with E-state index in [2.05, 4.69) is 31.9 Å². The van der Waals surface area contributed by atoms with Crippen molar-refractivity contribution in [2.45, 2.75) is 22.0 Å². The van der Waals surface area contributed by atoms with E-state index < -0.39 is 5.97 Å². The molecule has 1 aliphatic rings. The highest BCUT2D eigenvalue weighted by Gasteiger charge is 2.32. The minimum absolute atomic E-state index is 0.157. The molecule has 0 amide bonds. The maximum atomic E-state index is 10.4. The SMILES string of the molecule is O=C(O)CCC1(Br)C=CC=CC1Br. The summed E-state index contributed by atoms with van der Waals surface area (Å²) in [6, 6.07) is 0. The molecular formula is C9H10Br2O2. The highest BCUT2D eigenvalue weighted by molar-refractivity contribution is 9.12. The van der Waals surface area contributed by atoms with Crippen molar-refractivity contribution in [1.82, 2.24) is 0 Å². The number of carboxylic acid groups (broad SMARTS) is 1. The lowest BCUT2D eigenvalue weighted by Crippen LogP contribution is -2.30. The molecular weight excluding hydrogens is 300 g/mol. The van der Waals surface area contributed by atoms with Gasteiger partial charge in [-0.2, -0.15) is 0 Å². The summed E-state index contributed by atoms with van der Waals surface area (Å²) in [6.07, 6.45) is 8.60. The number of carboxylic acids is 1. The Morgan fingerprint density at radius 3 is 2.77 bits per heavy atom. The molecule has 0 bridgehead atoms. The topological polar surface area (TPSA) is 37.3 Å². The van der Waals surface area contributed by atoms with E-state index in [9.17, 15) is 4.79 Å². The first-order valence-electron chi connectivity index (χ1n) is 3.95. The lowest BCUT2D eigenvalue weighted by molar-refractivity contribution is -0.137. The molecule has 2 unspecified atom stereocenters. The third-order valence-corrected chi connectivity index (χ3v) is 4.84. The van der Waals surface area contributed by atoms with Gasteiger partial charge in [-0.05, 0) is 6.42 Å². The van der Waals surface area contributed by atoms with Crippen molar-refractivity contribution >= 4 is 37.8 Å². The van der Waals surface area contributed by atoms with E-state index in [1.165, 1.54) is 0 Å². The van der Waals surface area contributed by atoms with E-state index in [0.717, 1.165) is 0 Å². The highest BCUT2D eigenvalue weighted by Crippen LogP contribution is 2.37. The number of carbonyl (C=O) groups is 1. The number of hydrogen-bond acceptors (Lipinski definition) is 1. The van der Waals surface area contributed by atoms with Gasteiger partial charge in [0.05, 0.1) is 9.15 Å². The van der Waals surface area contributed by atoms with Crippen molar-refractivity contribution in [3.8, 4) is 0 Å². The molecule has 2 atom stereocenters.